The SMILES string of the molecule is COc1ccc(N2CCN(CCCCCOc3c(OC)ccc4cc5[n+](cc34)CCc3cc4c(cc3-5)OCO4)CC2)c(OC)c1. The summed E-state index contributed by atoms with van der Waals surface area (Å²) in [6.45, 7) is 7.04. The molecule has 1 saturated heterocycles. The van der Waals surface area contributed by atoms with Crippen molar-refractivity contribution in [3.8, 4) is 45.8 Å². The number of benzene rings is 3. The first-order valence-corrected chi connectivity index (χ1v) is 15.9. The Balaban J connectivity index is 0.936. The van der Waals surface area contributed by atoms with Gasteiger partial charge in [0.25, 0.3) is 0 Å². The fourth-order valence-corrected chi connectivity index (χ4v) is 6.75. The van der Waals surface area contributed by atoms with E-state index in [1.165, 1.54) is 16.8 Å². The highest BCUT2D eigenvalue weighted by Crippen LogP contribution is 2.42. The Bertz CT molecular complexity index is 1680. The van der Waals surface area contributed by atoms with E-state index in [0.717, 1.165) is 116 Å². The molecule has 9 heteroatoms. The number of anilines is 1. The van der Waals surface area contributed by atoms with E-state index >= 15 is 0 Å². The van der Waals surface area contributed by atoms with E-state index in [1.807, 2.05) is 18.2 Å². The van der Waals surface area contributed by atoms with E-state index in [9.17, 15) is 0 Å². The van der Waals surface area contributed by atoms with Gasteiger partial charge in [-0.05, 0) is 73.2 Å². The van der Waals surface area contributed by atoms with Gasteiger partial charge in [-0.3, -0.25) is 4.90 Å². The minimum Gasteiger partial charge on any atom is -0.497 e. The molecule has 1 fully saturated rings. The van der Waals surface area contributed by atoms with E-state index in [0.29, 0.717) is 6.61 Å². The van der Waals surface area contributed by atoms with Crippen LogP contribution in [0.1, 0.15) is 24.8 Å². The van der Waals surface area contributed by atoms with Crippen LogP contribution < -0.4 is 37.9 Å². The Hall–Kier alpha value is -4.37. The molecule has 4 heterocycles. The quantitative estimate of drug-likeness (QED) is 0.163. The highest BCUT2D eigenvalue weighted by molar-refractivity contribution is 5.91. The van der Waals surface area contributed by atoms with Gasteiger partial charge in [0, 0.05) is 44.7 Å². The average Bonchev–Trinajstić information content (AvgIpc) is 3.55. The summed E-state index contributed by atoms with van der Waals surface area (Å²) in [5.41, 5.74) is 4.81. The van der Waals surface area contributed by atoms with Crippen molar-refractivity contribution < 1.29 is 33.0 Å². The van der Waals surface area contributed by atoms with Crippen molar-refractivity contribution in [1.29, 1.82) is 0 Å². The highest BCUT2D eigenvalue weighted by atomic mass is 16.7. The van der Waals surface area contributed by atoms with E-state index in [-0.39, 0.29) is 6.79 Å². The Morgan fingerprint density at radius 1 is 0.800 bits per heavy atom. The number of ether oxygens (including phenoxy) is 6. The summed E-state index contributed by atoms with van der Waals surface area (Å²) in [7, 11) is 5.11. The second-order valence-corrected chi connectivity index (χ2v) is 11.8. The molecule has 45 heavy (non-hydrogen) atoms. The normalized spacial score (nSPS) is 15.5. The smallest absolute Gasteiger partial charge is 0.231 e. The number of piperazine rings is 1. The third-order valence-electron chi connectivity index (χ3n) is 9.26. The Labute approximate surface area is 264 Å². The number of fused-ring (bicyclic) bond motifs is 5. The Morgan fingerprint density at radius 3 is 2.42 bits per heavy atom. The summed E-state index contributed by atoms with van der Waals surface area (Å²) in [4.78, 5) is 4.97. The number of rotatable bonds is 11. The predicted octanol–water partition coefficient (Wildman–Crippen LogP) is 5.48. The molecule has 0 atom stereocenters. The molecule has 236 valence electrons. The molecule has 3 aromatic carbocycles. The number of aryl methyl sites for hydroxylation is 2. The summed E-state index contributed by atoms with van der Waals surface area (Å²) in [6, 6.07) is 16.7. The standard InChI is InChI=1S/C36H42N3O6/c1-40-27-8-9-30(33(21-27)42-3)38-16-14-37(15-17-38)12-5-4-6-18-43-36-29-23-39-13-11-26-20-34-35(45-24-44-34)22-28(26)31(39)19-25(29)7-10-32(36)41-2/h7-10,19-23H,4-6,11-18,24H2,1-3H3/q+1. The van der Waals surface area contributed by atoms with Gasteiger partial charge < -0.3 is 33.3 Å². The predicted molar refractivity (Wildman–Crippen MR) is 174 cm³/mol. The maximum Gasteiger partial charge on any atom is 0.231 e. The summed E-state index contributed by atoms with van der Waals surface area (Å²) >= 11 is 0. The molecule has 0 unspecified atom stereocenters. The van der Waals surface area contributed by atoms with E-state index in [2.05, 4.69) is 50.9 Å². The van der Waals surface area contributed by atoms with Crippen LogP contribution in [0.2, 0.25) is 0 Å². The zero-order chi connectivity index (χ0) is 30.8. The first kappa shape index (κ1) is 29.3. The zero-order valence-corrected chi connectivity index (χ0v) is 26.5. The first-order valence-electron chi connectivity index (χ1n) is 15.9. The largest absolute Gasteiger partial charge is 0.497 e. The van der Waals surface area contributed by atoms with Gasteiger partial charge >= 0.3 is 0 Å². The summed E-state index contributed by atoms with van der Waals surface area (Å²) in [5.74, 6) is 4.94. The summed E-state index contributed by atoms with van der Waals surface area (Å²) < 4.78 is 36.8. The van der Waals surface area contributed by atoms with Crippen LogP contribution in [0.3, 0.4) is 0 Å². The van der Waals surface area contributed by atoms with Crippen LogP contribution in [0, 0.1) is 0 Å². The van der Waals surface area contributed by atoms with Crippen molar-refractivity contribution in [3.63, 3.8) is 0 Å². The topological polar surface area (TPSA) is 65.7 Å². The van der Waals surface area contributed by atoms with Crippen LogP contribution in [0.4, 0.5) is 5.69 Å². The fraction of sp³-hybridized carbons (Fsp3) is 0.417. The van der Waals surface area contributed by atoms with Crippen LogP contribution in [0.15, 0.2) is 54.7 Å². The van der Waals surface area contributed by atoms with Crippen LogP contribution in [-0.4, -0.2) is 72.4 Å². The van der Waals surface area contributed by atoms with Crippen LogP contribution in [0.25, 0.3) is 22.0 Å². The van der Waals surface area contributed by atoms with Crippen molar-refractivity contribution in [3.05, 3.63) is 60.3 Å². The molecule has 0 aliphatic carbocycles. The molecule has 0 radical (unpaired) electrons. The lowest BCUT2D eigenvalue weighted by molar-refractivity contribution is -0.686. The van der Waals surface area contributed by atoms with Crippen molar-refractivity contribution >= 4 is 16.5 Å². The molecule has 3 aliphatic heterocycles. The van der Waals surface area contributed by atoms with Crippen molar-refractivity contribution in [2.24, 2.45) is 0 Å². The Morgan fingerprint density at radius 2 is 1.62 bits per heavy atom. The van der Waals surface area contributed by atoms with E-state index < -0.39 is 0 Å². The molecule has 0 amide bonds. The van der Waals surface area contributed by atoms with Crippen molar-refractivity contribution in [1.82, 2.24) is 4.90 Å². The minimum atomic E-state index is 0.287. The van der Waals surface area contributed by atoms with Gasteiger partial charge in [0.2, 0.25) is 12.5 Å². The molecular weight excluding hydrogens is 570 g/mol. The second kappa shape index (κ2) is 12.9. The molecule has 4 aromatic rings. The van der Waals surface area contributed by atoms with E-state index in [1.54, 1.807) is 21.3 Å². The second-order valence-electron chi connectivity index (χ2n) is 11.8. The van der Waals surface area contributed by atoms with Crippen molar-refractivity contribution in [2.75, 3.05) is 72.4 Å². The highest BCUT2D eigenvalue weighted by Gasteiger charge is 2.29. The summed E-state index contributed by atoms with van der Waals surface area (Å²) in [5, 5.41) is 2.21. The molecule has 0 saturated carbocycles. The maximum atomic E-state index is 6.44. The molecule has 0 N–H and O–H groups in total. The lowest BCUT2D eigenvalue weighted by atomic mass is 9.95. The summed E-state index contributed by atoms with van der Waals surface area (Å²) in [6.07, 6.45) is 6.44. The molecule has 0 spiro atoms. The lowest BCUT2D eigenvalue weighted by Crippen LogP contribution is -2.46. The number of nitrogens with zero attached hydrogens (tertiary/aromatic N) is 3. The van der Waals surface area contributed by atoms with Gasteiger partial charge in [0.15, 0.2) is 35.7 Å². The molecular formula is C36H42N3O6+. The number of aromatic nitrogens is 1. The third-order valence-corrected chi connectivity index (χ3v) is 9.26. The fourth-order valence-electron chi connectivity index (χ4n) is 6.75. The lowest BCUT2D eigenvalue weighted by Gasteiger charge is -2.36. The van der Waals surface area contributed by atoms with E-state index in [4.69, 9.17) is 28.4 Å². The zero-order valence-electron chi connectivity index (χ0n) is 26.5. The van der Waals surface area contributed by atoms with Gasteiger partial charge in [-0.1, -0.05) is 0 Å². The number of unbranched alkanes of at least 4 members (excludes halogenated alkanes) is 2. The number of pyridine rings is 1. The van der Waals surface area contributed by atoms with Crippen LogP contribution >= 0.6 is 0 Å². The van der Waals surface area contributed by atoms with Gasteiger partial charge in [0.05, 0.1) is 44.6 Å². The van der Waals surface area contributed by atoms with Crippen LogP contribution in [0.5, 0.6) is 34.5 Å². The molecule has 1 aromatic heterocycles. The van der Waals surface area contributed by atoms with Crippen molar-refractivity contribution in [2.45, 2.75) is 32.2 Å². The van der Waals surface area contributed by atoms with Gasteiger partial charge in [-0.25, -0.2) is 0 Å². The third kappa shape index (κ3) is 5.89. The number of hydrogen-bond donors (Lipinski definition) is 0. The molecule has 0 bridgehead atoms. The number of methoxy groups -OCH3 is 3. The Kier molecular flexibility index (Phi) is 8.43. The molecule has 3 aliphatic rings. The van der Waals surface area contributed by atoms with Gasteiger partial charge in [-0.15, -0.1) is 0 Å². The molecule has 9 nitrogen and oxygen atoms in total. The number of hydrogen-bond acceptors (Lipinski definition) is 8. The van der Waals surface area contributed by atoms with Gasteiger partial charge in [-0.2, -0.15) is 4.57 Å². The molecule has 7 rings (SSSR count). The monoisotopic (exact) mass is 612 g/mol. The average molecular weight is 613 g/mol. The van der Waals surface area contributed by atoms with Gasteiger partial charge in [0.1, 0.15) is 11.5 Å². The first-order chi connectivity index (χ1) is 22.1. The van der Waals surface area contributed by atoms with Crippen LogP contribution in [-0.2, 0) is 13.0 Å². The minimum absolute atomic E-state index is 0.287. The maximum absolute atomic E-state index is 6.44.